The summed E-state index contributed by atoms with van der Waals surface area (Å²) in [5.74, 6) is -2.27. The number of carboxylic acid groups (broad SMARTS) is 1. The number of hydrogen-bond acceptors (Lipinski definition) is 3. The summed E-state index contributed by atoms with van der Waals surface area (Å²) in [4.78, 5) is 24.2. The molecule has 1 aromatic rings. The molecular formula is C14H17FN2O4. The van der Waals surface area contributed by atoms with Crippen LogP contribution in [0.25, 0.3) is 0 Å². The highest BCUT2D eigenvalue weighted by Crippen LogP contribution is 2.21. The number of anilines is 1. The number of halogens is 1. The number of nitrogens with zero attached hydrogens (tertiary/aromatic N) is 1. The topological polar surface area (TPSA) is 89.9 Å². The van der Waals surface area contributed by atoms with Crippen LogP contribution in [-0.2, 0) is 0 Å². The van der Waals surface area contributed by atoms with Crippen molar-refractivity contribution < 1.29 is 24.2 Å². The van der Waals surface area contributed by atoms with Crippen molar-refractivity contribution in [1.82, 2.24) is 4.90 Å². The summed E-state index contributed by atoms with van der Waals surface area (Å²) in [5, 5.41) is 21.2. The van der Waals surface area contributed by atoms with Crippen LogP contribution in [0, 0.1) is 5.82 Å². The lowest BCUT2D eigenvalue weighted by atomic mass is 9.95. The van der Waals surface area contributed by atoms with Gasteiger partial charge in [0.05, 0.1) is 17.7 Å². The van der Waals surface area contributed by atoms with Crippen LogP contribution in [0.5, 0.6) is 0 Å². The van der Waals surface area contributed by atoms with Crippen LogP contribution in [0.4, 0.5) is 14.9 Å². The number of urea groups is 1. The van der Waals surface area contributed by atoms with Crippen molar-refractivity contribution in [3.63, 3.8) is 0 Å². The summed E-state index contributed by atoms with van der Waals surface area (Å²) in [6.07, 6.45) is 1.31. The number of aliphatic hydroxyl groups is 1. The van der Waals surface area contributed by atoms with Gasteiger partial charge >= 0.3 is 12.0 Å². The van der Waals surface area contributed by atoms with E-state index in [2.05, 4.69) is 5.32 Å². The van der Waals surface area contributed by atoms with E-state index in [-0.39, 0.29) is 12.2 Å². The summed E-state index contributed by atoms with van der Waals surface area (Å²) < 4.78 is 13.5. The van der Waals surface area contributed by atoms with Crippen molar-refractivity contribution in [3.8, 4) is 0 Å². The molecule has 0 aromatic heterocycles. The van der Waals surface area contributed by atoms with Crippen molar-refractivity contribution in [3.05, 3.63) is 29.6 Å². The van der Waals surface area contributed by atoms with E-state index in [9.17, 15) is 19.1 Å². The maximum atomic E-state index is 13.5. The van der Waals surface area contributed by atoms with Crippen LogP contribution in [0.1, 0.15) is 30.1 Å². The van der Waals surface area contributed by atoms with Gasteiger partial charge in [0, 0.05) is 12.2 Å². The molecule has 21 heavy (non-hydrogen) atoms. The van der Waals surface area contributed by atoms with Gasteiger partial charge in [0.25, 0.3) is 0 Å². The Hall–Kier alpha value is -2.15. The zero-order valence-corrected chi connectivity index (χ0v) is 11.6. The number of nitrogens with one attached hydrogen (secondary N) is 1. The van der Waals surface area contributed by atoms with Gasteiger partial charge in [-0.1, -0.05) is 0 Å². The van der Waals surface area contributed by atoms with Crippen LogP contribution < -0.4 is 5.32 Å². The van der Waals surface area contributed by atoms with Crippen molar-refractivity contribution in [2.75, 3.05) is 18.4 Å². The molecule has 2 amide bonds. The third-order valence-electron chi connectivity index (χ3n) is 3.41. The first-order valence-electron chi connectivity index (χ1n) is 6.60. The number of carbonyl (C=O) groups excluding carboxylic acids is 1. The lowest BCUT2D eigenvalue weighted by Crippen LogP contribution is -2.49. The van der Waals surface area contributed by atoms with Crippen LogP contribution in [0.3, 0.4) is 0 Å². The van der Waals surface area contributed by atoms with E-state index in [0.717, 1.165) is 12.1 Å². The third-order valence-corrected chi connectivity index (χ3v) is 3.41. The van der Waals surface area contributed by atoms with Crippen LogP contribution in [0.2, 0.25) is 0 Å². The fourth-order valence-corrected chi connectivity index (χ4v) is 2.36. The maximum absolute atomic E-state index is 13.5. The minimum atomic E-state index is -1.36. The zero-order chi connectivity index (χ0) is 15.6. The normalized spacial score (nSPS) is 22.0. The molecule has 114 valence electrons. The molecule has 0 spiro atoms. The van der Waals surface area contributed by atoms with Crippen LogP contribution in [0.15, 0.2) is 18.2 Å². The number of aromatic carboxylic acids is 1. The zero-order valence-electron chi connectivity index (χ0n) is 11.6. The highest BCUT2D eigenvalue weighted by atomic mass is 19.1. The third kappa shape index (κ3) is 3.69. The molecule has 1 atom stereocenters. The van der Waals surface area contributed by atoms with Crippen molar-refractivity contribution in [2.45, 2.75) is 25.4 Å². The molecule has 1 unspecified atom stereocenters. The molecular weight excluding hydrogens is 279 g/mol. The Kier molecular flexibility index (Phi) is 4.13. The van der Waals surface area contributed by atoms with Gasteiger partial charge in [-0.25, -0.2) is 14.0 Å². The summed E-state index contributed by atoms with van der Waals surface area (Å²) in [6.45, 7) is 2.37. The molecule has 0 saturated carbocycles. The second-order valence-electron chi connectivity index (χ2n) is 5.45. The second-order valence-corrected chi connectivity index (χ2v) is 5.45. The average molecular weight is 296 g/mol. The minimum Gasteiger partial charge on any atom is -0.478 e. The van der Waals surface area contributed by atoms with Gasteiger partial charge < -0.3 is 20.4 Å². The number of rotatable bonds is 2. The summed E-state index contributed by atoms with van der Waals surface area (Å²) in [5.41, 5.74) is -1.20. The quantitative estimate of drug-likeness (QED) is 0.777. The van der Waals surface area contributed by atoms with Crippen LogP contribution >= 0.6 is 0 Å². The van der Waals surface area contributed by atoms with Gasteiger partial charge in [0.2, 0.25) is 0 Å². The molecule has 1 heterocycles. The highest BCUT2D eigenvalue weighted by Gasteiger charge is 2.31. The van der Waals surface area contributed by atoms with Crippen molar-refractivity contribution in [1.29, 1.82) is 0 Å². The van der Waals surface area contributed by atoms with E-state index in [4.69, 9.17) is 5.11 Å². The molecule has 1 aliphatic heterocycles. The first-order valence-corrected chi connectivity index (χ1v) is 6.60. The van der Waals surface area contributed by atoms with E-state index in [1.54, 1.807) is 6.92 Å². The Morgan fingerprint density at radius 1 is 1.43 bits per heavy atom. The maximum Gasteiger partial charge on any atom is 0.338 e. The number of likely N-dealkylation sites (tertiary alicyclic amines) is 1. The first kappa shape index (κ1) is 15.2. The molecule has 2 rings (SSSR count). The summed E-state index contributed by atoms with van der Waals surface area (Å²) in [7, 11) is 0. The number of benzene rings is 1. The molecule has 3 N–H and O–H groups in total. The summed E-state index contributed by atoms with van der Waals surface area (Å²) in [6, 6.07) is 2.94. The Bertz CT molecular complexity index is 574. The lowest BCUT2D eigenvalue weighted by Gasteiger charge is -2.36. The molecule has 1 aromatic carbocycles. The predicted molar refractivity (Wildman–Crippen MR) is 73.8 cm³/mol. The lowest BCUT2D eigenvalue weighted by molar-refractivity contribution is -0.000640. The fourth-order valence-electron chi connectivity index (χ4n) is 2.36. The van der Waals surface area contributed by atoms with Gasteiger partial charge in [-0.15, -0.1) is 0 Å². The Morgan fingerprint density at radius 2 is 2.14 bits per heavy atom. The monoisotopic (exact) mass is 296 g/mol. The van der Waals surface area contributed by atoms with E-state index in [1.807, 2.05) is 0 Å². The first-order chi connectivity index (χ1) is 9.78. The van der Waals surface area contributed by atoms with Gasteiger partial charge in [-0.2, -0.15) is 0 Å². The van der Waals surface area contributed by atoms with Gasteiger partial charge in [0.15, 0.2) is 0 Å². The van der Waals surface area contributed by atoms with Gasteiger partial charge in [-0.05, 0) is 38.0 Å². The van der Waals surface area contributed by atoms with Crippen molar-refractivity contribution in [2.24, 2.45) is 0 Å². The number of piperidine rings is 1. The minimum absolute atomic E-state index is 0.174. The highest BCUT2D eigenvalue weighted by molar-refractivity contribution is 5.91. The number of amides is 2. The molecule has 0 aliphatic carbocycles. The molecule has 0 radical (unpaired) electrons. The predicted octanol–water partition coefficient (Wildman–Crippen LogP) is 1.90. The SMILES string of the molecule is CC1(O)CCCN(C(=O)Nc2ccc(C(=O)O)c(F)c2)C1. The number of carboxylic acids is 1. The van der Waals surface area contributed by atoms with Crippen molar-refractivity contribution >= 4 is 17.7 Å². The smallest absolute Gasteiger partial charge is 0.338 e. The largest absolute Gasteiger partial charge is 0.478 e. The number of carbonyl (C=O) groups is 2. The average Bonchev–Trinajstić information content (AvgIpc) is 2.37. The fraction of sp³-hybridized carbons (Fsp3) is 0.429. The molecule has 7 heteroatoms. The van der Waals surface area contributed by atoms with Gasteiger partial charge in [0.1, 0.15) is 5.82 Å². The van der Waals surface area contributed by atoms with E-state index < -0.39 is 29.0 Å². The van der Waals surface area contributed by atoms with E-state index in [1.165, 1.54) is 11.0 Å². The Labute approximate surface area is 121 Å². The molecule has 0 bridgehead atoms. The number of hydrogen-bond donors (Lipinski definition) is 3. The summed E-state index contributed by atoms with van der Waals surface area (Å²) >= 11 is 0. The molecule has 1 fully saturated rings. The van der Waals surface area contributed by atoms with Gasteiger partial charge in [-0.3, -0.25) is 0 Å². The van der Waals surface area contributed by atoms with E-state index >= 15 is 0 Å². The Morgan fingerprint density at radius 3 is 2.71 bits per heavy atom. The Balaban J connectivity index is 2.06. The second kappa shape index (κ2) is 5.69. The van der Waals surface area contributed by atoms with Crippen LogP contribution in [-0.4, -0.2) is 45.8 Å². The molecule has 1 saturated heterocycles. The van der Waals surface area contributed by atoms with E-state index in [0.29, 0.717) is 19.4 Å². The molecule has 6 nitrogen and oxygen atoms in total. The molecule has 1 aliphatic rings. The number of β-amino-alcohol motifs (C(OH)–C–C–N with tert-alkyl or cyclic N) is 1. The standard InChI is InChI=1S/C14H17FN2O4/c1-14(21)5-2-6-17(8-14)13(20)16-9-3-4-10(12(18)19)11(15)7-9/h3-4,7,21H,2,5-6,8H2,1H3,(H,16,20)(H,18,19).